The van der Waals surface area contributed by atoms with Crippen LogP contribution in [0.25, 0.3) is 0 Å². The molecule has 2 aromatic rings. The fourth-order valence-corrected chi connectivity index (χ4v) is 4.17. The van der Waals surface area contributed by atoms with Crippen molar-refractivity contribution in [3.05, 3.63) is 23.8 Å². The molecule has 1 aromatic heterocycles. The maximum absolute atomic E-state index is 12.9. The Morgan fingerprint density at radius 3 is 2.52 bits per heavy atom. The summed E-state index contributed by atoms with van der Waals surface area (Å²) in [7, 11) is 0. The van der Waals surface area contributed by atoms with Crippen molar-refractivity contribution in [1.82, 2.24) is 30.2 Å². The normalized spacial score (nSPS) is 18.0. The number of tetrazole rings is 1. The molecular weight excluding hydrogens is 402 g/mol. The Morgan fingerprint density at radius 1 is 0.903 bits per heavy atom. The summed E-state index contributed by atoms with van der Waals surface area (Å²) in [6, 6.07) is 5.45. The second-order valence-corrected chi connectivity index (χ2v) is 7.92. The molecule has 11 nitrogen and oxygen atoms in total. The van der Waals surface area contributed by atoms with Gasteiger partial charge < -0.3 is 14.4 Å². The maximum atomic E-state index is 12.9. The minimum atomic E-state index is -0.223. The summed E-state index contributed by atoms with van der Waals surface area (Å²) in [5.74, 6) is 1.52. The van der Waals surface area contributed by atoms with Gasteiger partial charge in [-0.2, -0.15) is 4.80 Å². The number of nitrogens with zero attached hydrogens (tertiary/aromatic N) is 7. The average molecular weight is 427 g/mol. The van der Waals surface area contributed by atoms with Gasteiger partial charge in [0.15, 0.2) is 11.5 Å². The summed E-state index contributed by atoms with van der Waals surface area (Å²) < 4.78 is 10.7. The minimum absolute atomic E-state index is 0.0470. The van der Waals surface area contributed by atoms with Crippen LogP contribution in [0.1, 0.15) is 31.2 Å². The predicted molar refractivity (Wildman–Crippen MR) is 108 cm³/mol. The van der Waals surface area contributed by atoms with Gasteiger partial charge in [0.25, 0.3) is 11.9 Å². The van der Waals surface area contributed by atoms with Gasteiger partial charge in [-0.05, 0) is 48.6 Å². The van der Waals surface area contributed by atoms with E-state index in [9.17, 15) is 9.59 Å². The highest BCUT2D eigenvalue weighted by Gasteiger charge is 2.31. The first-order valence-electron chi connectivity index (χ1n) is 10.7. The number of rotatable bonds is 5. The standard InChI is InChI=1S/C20H25N7O4/c28-18(12-15-5-6-16-17(11-15)31-14-30-16)25-9-4-10-26(25)19(29)13-27-22-20(21-23-27)24-7-2-1-3-8-24/h5-6,11H,1-4,7-10,12-14H2. The number of amides is 2. The molecule has 4 heterocycles. The van der Waals surface area contributed by atoms with Gasteiger partial charge in [-0.1, -0.05) is 11.2 Å². The van der Waals surface area contributed by atoms with Gasteiger partial charge in [0.1, 0.15) is 6.54 Å². The number of fused-ring (bicyclic) bond motifs is 1. The summed E-state index contributed by atoms with van der Waals surface area (Å²) in [5, 5.41) is 15.5. The van der Waals surface area contributed by atoms with Gasteiger partial charge in [-0.15, -0.1) is 5.10 Å². The molecule has 11 heteroatoms. The second kappa shape index (κ2) is 8.40. The lowest BCUT2D eigenvalue weighted by molar-refractivity contribution is -0.158. The topological polar surface area (TPSA) is 106 Å². The lowest BCUT2D eigenvalue weighted by Crippen LogP contribution is -2.46. The number of piperidine rings is 1. The van der Waals surface area contributed by atoms with E-state index in [1.807, 2.05) is 12.1 Å². The fraction of sp³-hybridized carbons (Fsp3) is 0.550. The second-order valence-electron chi connectivity index (χ2n) is 7.92. The zero-order chi connectivity index (χ0) is 21.2. The number of carbonyl (C=O) groups excluding carboxylic acids is 2. The van der Waals surface area contributed by atoms with Crippen molar-refractivity contribution >= 4 is 17.8 Å². The number of hydrazine groups is 1. The van der Waals surface area contributed by atoms with Crippen molar-refractivity contribution in [1.29, 1.82) is 0 Å². The molecule has 0 spiro atoms. The quantitative estimate of drug-likeness (QED) is 0.683. The highest BCUT2D eigenvalue weighted by Crippen LogP contribution is 2.32. The monoisotopic (exact) mass is 427 g/mol. The zero-order valence-corrected chi connectivity index (χ0v) is 17.3. The van der Waals surface area contributed by atoms with Gasteiger partial charge in [0.2, 0.25) is 12.7 Å². The first-order valence-corrected chi connectivity index (χ1v) is 10.7. The van der Waals surface area contributed by atoms with E-state index < -0.39 is 0 Å². The number of ether oxygens (including phenoxy) is 2. The van der Waals surface area contributed by atoms with E-state index >= 15 is 0 Å². The van der Waals surface area contributed by atoms with Gasteiger partial charge in [-0.25, -0.2) is 5.01 Å². The first-order chi connectivity index (χ1) is 15.2. The van der Waals surface area contributed by atoms with Gasteiger partial charge in [0.05, 0.1) is 6.42 Å². The zero-order valence-electron chi connectivity index (χ0n) is 17.3. The highest BCUT2D eigenvalue weighted by atomic mass is 16.7. The third kappa shape index (κ3) is 4.12. The van der Waals surface area contributed by atoms with Crippen LogP contribution in [-0.4, -0.2) is 75.0 Å². The van der Waals surface area contributed by atoms with Gasteiger partial charge >= 0.3 is 0 Å². The summed E-state index contributed by atoms with van der Waals surface area (Å²) >= 11 is 0. The van der Waals surface area contributed by atoms with Crippen LogP contribution in [0.4, 0.5) is 5.95 Å². The Labute approximate surface area is 179 Å². The Hall–Kier alpha value is -3.37. The molecule has 2 saturated heterocycles. The summed E-state index contributed by atoms with van der Waals surface area (Å²) in [5.41, 5.74) is 0.817. The lowest BCUT2D eigenvalue weighted by atomic mass is 10.1. The summed E-state index contributed by atoms with van der Waals surface area (Å²) in [6.07, 6.45) is 4.36. The Balaban J connectivity index is 1.21. The number of hydrogen-bond donors (Lipinski definition) is 0. The molecule has 2 amide bonds. The van der Waals surface area contributed by atoms with Crippen LogP contribution in [0, 0.1) is 0 Å². The van der Waals surface area contributed by atoms with Crippen molar-refractivity contribution in [2.75, 3.05) is 37.9 Å². The molecule has 2 fully saturated rings. The predicted octanol–water partition coefficient (Wildman–Crippen LogP) is 0.611. The van der Waals surface area contributed by atoms with E-state index in [-0.39, 0.29) is 31.6 Å². The lowest BCUT2D eigenvalue weighted by Gasteiger charge is -2.27. The number of anilines is 1. The van der Waals surface area contributed by atoms with Gasteiger partial charge in [0, 0.05) is 26.2 Å². The van der Waals surface area contributed by atoms with Crippen LogP contribution >= 0.6 is 0 Å². The third-order valence-electron chi connectivity index (χ3n) is 5.76. The third-order valence-corrected chi connectivity index (χ3v) is 5.76. The number of aromatic nitrogens is 4. The van der Waals surface area contributed by atoms with E-state index in [1.165, 1.54) is 21.2 Å². The SMILES string of the molecule is O=C(Cc1ccc2c(c1)OCO2)N1CCCN1C(=O)Cn1nnc(N2CCCCC2)n1. The molecule has 0 atom stereocenters. The molecule has 31 heavy (non-hydrogen) atoms. The Morgan fingerprint density at radius 2 is 1.68 bits per heavy atom. The number of benzene rings is 1. The molecular formula is C20H25N7O4. The van der Waals surface area contributed by atoms with E-state index in [1.54, 1.807) is 6.07 Å². The van der Waals surface area contributed by atoms with Crippen LogP contribution in [-0.2, 0) is 22.6 Å². The van der Waals surface area contributed by atoms with E-state index in [2.05, 4.69) is 20.3 Å². The van der Waals surface area contributed by atoms with E-state index in [4.69, 9.17) is 9.47 Å². The molecule has 0 N–H and O–H groups in total. The molecule has 5 rings (SSSR count). The molecule has 0 aliphatic carbocycles. The van der Waals surface area contributed by atoms with Crippen molar-refractivity contribution in [3.63, 3.8) is 0 Å². The molecule has 3 aliphatic rings. The average Bonchev–Trinajstić information content (AvgIpc) is 3.54. The van der Waals surface area contributed by atoms with Crippen molar-refractivity contribution in [3.8, 4) is 11.5 Å². The van der Waals surface area contributed by atoms with Crippen molar-refractivity contribution < 1.29 is 19.1 Å². The molecule has 1 aromatic carbocycles. The highest BCUT2D eigenvalue weighted by molar-refractivity contribution is 5.84. The van der Waals surface area contributed by atoms with Crippen LogP contribution in [0.2, 0.25) is 0 Å². The van der Waals surface area contributed by atoms with Gasteiger partial charge in [-0.3, -0.25) is 14.6 Å². The molecule has 3 aliphatic heterocycles. The number of hydrogen-bond acceptors (Lipinski definition) is 8. The van der Waals surface area contributed by atoms with Crippen molar-refractivity contribution in [2.45, 2.75) is 38.6 Å². The largest absolute Gasteiger partial charge is 0.454 e. The van der Waals surface area contributed by atoms with E-state index in [0.717, 1.165) is 37.9 Å². The van der Waals surface area contributed by atoms with Crippen LogP contribution in [0.15, 0.2) is 18.2 Å². The molecule has 0 saturated carbocycles. The van der Waals surface area contributed by atoms with Crippen LogP contribution in [0.5, 0.6) is 11.5 Å². The van der Waals surface area contributed by atoms with Crippen LogP contribution in [0.3, 0.4) is 0 Å². The summed E-state index contributed by atoms with van der Waals surface area (Å²) in [4.78, 5) is 29.2. The Bertz CT molecular complexity index is 972. The summed E-state index contributed by atoms with van der Waals surface area (Å²) in [6.45, 7) is 2.98. The molecule has 0 unspecified atom stereocenters. The number of carbonyl (C=O) groups is 2. The van der Waals surface area contributed by atoms with Crippen molar-refractivity contribution in [2.24, 2.45) is 0 Å². The van der Waals surface area contributed by atoms with Crippen LogP contribution < -0.4 is 14.4 Å². The Kier molecular flexibility index (Phi) is 5.31. The molecule has 0 radical (unpaired) electrons. The first kappa shape index (κ1) is 19.6. The molecule has 164 valence electrons. The van der Waals surface area contributed by atoms with E-state index in [0.29, 0.717) is 30.5 Å². The minimum Gasteiger partial charge on any atom is -0.454 e. The smallest absolute Gasteiger partial charge is 0.266 e. The maximum Gasteiger partial charge on any atom is 0.266 e. The molecule has 0 bridgehead atoms. The fourth-order valence-electron chi connectivity index (χ4n) is 4.17.